The van der Waals surface area contributed by atoms with E-state index < -0.39 is 23.8 Å². The normalized spacial score (nSPS) is 13.8. The summed E-state index contributed by atoms with van der Waals surface area (Å²) in [5.41, 5.74) is 1.82. The molecule has 0 spiro atoms. The second-order valence-electron chi connectivity index (χ2n) is 8.27. The van der Waals surface area contributed by atoms with Crippen molar-refractivity contribution < 1.29 is 32.5 Å². The fourth-order valence-electron chi connectivity index (χ4n) is 4.26. The lowest BCUT2D eigenvalue weighted by Crippen LogP contribution is -2.28. The molecule has 0 amide bonds. The zero-order valence-corrected chi connectivity index (χ0v) is 18.4. The molecular weight excluding hydrogens is 461 g/mol. The number of halogens is 3. The van der Waals surface area contributed by atoms with Crippen LogP contribution in [0.3, 0.4) is 0 Å². The van der Waals surface area contributed by atoms with Gasteiger partial charge in [-0.05, 0) is 23.3 Å². The number of aliphatic carboxylic acids is 1. The summed E-state index contributed by atoms with van der Waals surface area (Å²) in [7, 11) is 0. The molecule has 180 valence electrons. The summed E-state index contributed by atoms with van der Waals surface area (Å²) in [5.74, 6) is -0.0631. The van der Waals surface area contributed by atoms with Gasteiger partial charge in [-0.2, -0.15) is 13.2 Å². The molecular formula is C26H21F3N2O4. The van der Waals surface area contributed by atoms with E-state index in [0.717, 1.165) is 23.2 Å². The van der Waals surface area contributed by atoms with Crippen molar-refractivity contribution in [3.63, 3.8) is 0 Å². The maximum absolute atomic E-state index is 13.1. The van der Waals surface area contributed by atoms with Crippen LogP contribution in [0.25, 0.3) is 10.9 Å². The largest absolute Gasteiger partial charge is 0.480 e. The SMILES string of the molecule is O=C(O)C(NCc1cccc(C(F)(F)F)c1)c1cn(Cc2ccccc2)c2cc3c(cc12)OCO3. The number of ether oxygens (including phenoxy) is 2. The summed E-state index contributed by atoms with van der Waals surface area (Å²) in [6, 6.07) is 16.9. The number of alkyl halides is 3. The van der Waals surface area contributed by atoms with E-state index in [2.05, 4.69) is 5.32 Å². The maximum atomic E-state index is 13.1. The standard InChI is InChI=1S/C26H21F3N2O4/c27-26(28,29)18-8-4-7-17(9-18)12-30-24(25(32)33)20-14-31(13-16-5-2-1-3-6-16)21-11-23-22(10-19(20)21)34-15-35-23/h1-11,14,24,30H,12-13,15H2,(H,32,33). The molecule has 1 atom stereocenters. The Balaban J connectivity index is 1.51. The molecule has 1 aromatic heterocycles. The van der Waals surface area contributed by atoms with Gasteiger partial charge in [-0.3, -0.25) is 10.1 Å². The summed E-state index contributed by atoms with van der Waals surface area (Å²) in [5, 5.41) is 13.6. The van der Waals surface area contributed by atoms with E-state index in [1.165, 1.54) is 12.1 Å². The number of rotatable bonds is 7. The zero-order valence-electron chi connectivity index (χ0n) is 18.4. The van der Waals surface area contributed by atoms with Gasteiger partial charge in [0.1, 0.15) is 6.04 Å². The molecule has 0 aliphatic carbocycles. The Bertz CT molecular complexity index is 1380. The highest BCUT2D eigenvalue weighted by Crippen LogP contribution is 2.39. The van der Waals surface area contributed by atoms with E-state index >= 15 is 0 Å². The average Bonchev–Trinajstić information content (AvgIpc) is 3.42. The highest BCUT2D eigenvalue weighted by molar-refractivity contribution is 5.92. The number of benzene rings is 3. The Kier molecular flexibility index (Phi) is 5.86. The second-order valence-corrected chi connectivity index (χ2v) is 8.27. The third-order valence-corrected chi connectivity index (χ3v) is 5.92. The van der Waals surface area contributed by atoms with Gasteiger partial charge in [0.2, 0.25) is 6.79 Å². The molecule has 1 unspecified atom stereocenters. The van der Waals surface area contributed by atoms with Crippen molar-refractivity contribution in [1.82, 2.24) is 9.88 Å². The number of aromatic nitrogens is 1. The minimum Gasteiger partial charge on any atom is -0.480 e. The van der Waals surface area contributed by atoms with Crippen molar-refractivity contribution in [3.8, 4) is 11.5 Å². The number of carboxylic acids is 1. The first-order chi connectivity index (χ1) is 16.8. The van der Waals surface area contributed by atoms with Crippen molar-refractivity contribution in [2.45, 2.75) is 25.3 Å². The molecule has 5 rings (SSSR count). The van der Waals surface area contributed by atoms with E-state index in [4.69, 9.17) is 9.47 Å². The summed E-state index contributed by atoms with van der Waals surface area (Å²) >= 11 is 0. The van der Waals surface area contributed by atoms with Crippen molar-refractivity contribution >= 4 is 16.9 Å². The predicted octanol–water partition coefficient (Wildman–Crippen LogP) is 5.35. The molecule has 9 heteroatoms. The van der Waals surface area contributed by atoms with Crippen molar-refractivity contribution in [2.75, 3.05) is 6.79 Å². The molecule has 35 heavy (non-hydrogen) atoms. The molecule has 2 N–H and O–H groups in total. The van der Waals surface area contributed by atoms with Crippen LogP contribution in [0.15, 0.2) is 72.9 Å². The van der Waals surface area contributed by atoms with Crippen LogP contribution < -0.4 is 14.8 Å². The van der Waals surface area contributed by atoms with Gasteiger partial charge >= 0.3 is 12.1 Å². The minimum atomic E-state index is -4.48. The van der Waals surface area contributed by atoms with Gasteiger partial charge in [0, 0.05) is 36.3 Å². The second kappa shape index (κ2) is 8.99. The fourth-order valence-corrected chi connectivity index (χ4v) is 4.26. The summed E-state index contributed by atoms with van der Waals surface area (Å²) < 4.78 is 52.2. The third-order valence-electron chi connectivity index (χ3n) is 5.92. The van der Waals surface area contributed by atoms with Crippen LogP contribution in [-0.2, 0) is 24.1 Å². The number of carboxylic acid groups (broad SMARTS) is 1. The Morgan fingerprint density at radius 1 is 1.00 bits per heavy atom. The Labute approximate surface area is 198 Å². The van der Waals surface area contributed by atoms with Crippen LogP contribution in [0.5, 0.6) is 11.5 Å². The third kappa shape index (κ3) is 4.67. The Morgan fingerprint density at radius 3 is 2.43 bits per heavy atom. The van der Waals surface area contributed by atoms with Crippen LogP contribution >= 0.6 is 0 Å². The topological polar surface area (TPSA) is 72.7 Å². The lowest BCUT2D eigenvalue weighted by atomic mass is 10.0. The van der Waals surface area contributed by atoms with Gasteiger partial charge in [0.25, 0.3) is 0 Å². The Morgan fingerprint density at radius 2 is 1.71 bits per heavy atom. The lowest BCUT2D eigenvalue weighted by molar-refractivity contribution is -0.140. The summed E-state index contributed by atoms with van der Waals surface area (Å²) in [4.78, 5) is 12.3. The van der Waals surface area contributed by atoms with Gasteiger partial charge in [-0.25, -0.2) is 0 Å². The first kappa shape index (κ1) is 22.8. The van der Waals surface area contributed by atoms with E-state index in [1.807, 2.05) is 41.0 Å². The van der Waals surface area contributed by atoms with Crippen LogP contribution in [0.1, 0.15) is 28.3 Å². The molecule has 0 saturated carbocycles. The van der Waals surface area contributed by atoms with Gasteiger partial charge in [0.05, 0.1) is 11.1 Å². The average molecular weight is 482 g/mol. The number of hydrogen-bond acceptors (Lipinski definition) is 4. The van der Waals surface area contributed by atoms with Crippen LogP contribution in [0, 0.1) is 0 Å². The van der Waals surface area contributed by atoms with Gasteiger partial charge in [-0.1, -0.05) is 48.5 Å². The smallest absolute Gasteiger partial charge is 0.416 e. The Hall–Kier alpha value is -3.98. The van der Waals surface area contributed by atoms with E-state index in [1.54, 1.807) is 12.3 Å². The molecule has 2 heterocycles. The molecule has 3 aromatic carbocycles. The quantitative estimate of drug-likeness (QED) is 0.372. The maximum Gasteiger partial charge on any atom is 0.416 e. The van der Waals surface area contributed by atoms with E-state index in [-0.39, 0.29) is 13.3 Å². The van der Waals surface area contributed by atoms with Crippen LogP contribution in [0.4, 0.5) is 13.2 Å². The van der Waals surface area contributed by atoms with Crippen LogP contribution in [-0.4, -0.2) is 22.4 Å². The minimum absolute atomic E-state index is 0.0587. The number of nitrogens with zero attached hydrogens (tertiary/aromatic N) is 1. The number of carbonyl (C=O) groups is 1. The molecule has 0 bridgehead atoms. The fraction of sp³-hybridized carbons (Fsp3) is 0.192. The first-order valence-electron chi connectivity index (χ1n) is 10.9. The molecule has 0 saturated heterocycles. The molecule has 4 aromatic rings. The zero-order chi connectivity index (χ0) is 24.6. The summed E-state index contributed by atoms with van der Waals surface area (Å²) in [6.45, 7) is 0.514. The van der Waals surface area contributed by atoms with Crippen molar-refractivity contribution in [1.29, 1.82) is 0 Å². The monoisotopic (exact) mass is 482 g/mol. The first-order valence-corrected chi connectivity index (χ1v) is 10.9. The molecule has 1 aliphatic heterocycles. The number of fused-ring (bicyclic) bond motifs is 2. The van der Waals surface area contributed by atoms with Gasteiger partial charge in [0.15, 0.2) is 11.5 Å². The van der Waals surface area contributed by atoms with E-state index in [9.17, 15) is 23.1 Å². The molecule has 0 fully saturated rings. The highest BCUT2D eigenvalue weighted by Gasteiger charge is 2.31. The highest BCUT2D eigenvalue weighted by atomic mass is 19.4. The summed E-state index contributed by atoms with van der Waals surface area (Å²) in [6.07, 6.45) is -2.72. The number of nitrogens with one attached hydrogen (secondary N) is 1. The van der Waals surface area contributed by atoms with Gasteiger partial charge in [-0.15, -0.1) is 0 Å². The lowest BCUT2D eigenvalue weighted by Gasteiger charge is -2.15. The molecule has 1 aliphatic rings. The molecule has 0 radical (unpaired) electrons. The van der Waals surface area contributed by atoms with Crippen LogP contribution in [0.2, 0.25) is 0 Å². The number of hydrogen-bond donors (Lipinski definition) is 2. The van der Waals surface area contributed by atoms with Crippen molar-refractivity contribution in [3.05, 3.63) is 95.2 Å². The van der Waals surface area contributed by atoms with E-state index in [0.29, 0.717) is 34.6 Å². The van der Waals surface area contributed by atoms with Gasteiger partial charge < -0.3 is 19.1 Å². The predicted molar refractivity (Wildman–Crippen MR) is 122 cm³/mol. The molecule has 6 nitrogen and oxygen atoms in total. The van der Waals surface area contributed by atoms with Crippen molar-refractivity contribution in [2.24, 2.45) is 0 Å².